The third-order valence-corrected chi connectivity index (χ3v) is 9.98. The van der Waals surface area contributed by atoms with E-state index in [-0.39, 0.29) is 41.7 Å². The molecule has 0 unspecified atom stereocenters. The molecule has 14 heteroatoms. The van der Waals surface area contributed by atoms with Crippen molar-refractivity contribution in [3.8, 4) is 22.6 Å². The Morgan fingerprint density at radius 3 is 2.55 bits per heavy atom. The number of hydrogen-bond acceptors (Lipinski definition) is 8. The number of H-pyrrole nitrogens is 1. The number of rotatable bonds is 8. The smallest absolute Gasteiger partial charge is 0.270 e. The second-order valence-electron chi connectivity index (χ2n) is 13.2. The van der Waals surface area contributed by atoms with Gasteiger partial charge in [-0.15, -0.1) is 5.10 Å². The summed E-state index contributed by atoms with van der Waals surface area (Å²) in [6, 6.07) is 15.7. The number of pyridine rings is 1. The molecule has 0 spiro atoms. The minimum absolute atomic E-state index is 0.0516. The van der Waals surface area contributed by atoms with Gasteiger partial charge in [0.2, 0.25) is 5.91 Å². The van der Waals surface area contributed by atoms with E-state index >= 15 is 4.39 Å². The zero-order valence-corrected chi connectivity index (χ0v) is 28.9. The Labute approximate surface area is 302 Å². The van der Waals surface area contributed by atoms with Crippen molar-refractivity contribution in [2.45, 2.75) is 19.4 Å². The summed E-state index contributed by atoms with van der Waals surface area (Å²) in [5, 5.41) is 20.7. The van der Waals surface area contributed by atoms with E-state index < -0.39 is 11.6 Å². The van der Waals surface area contributed by atoms with Gasteiger partial charge in [0.25, 0.3) is 5.91 Å². The monoisotopic (exact) mass is 718 g/mol. The number of ether oxygens (including phenoxy) is 1. The van der Waals surface area contributed by atoms with Crippen molar-refractivity contribution in [1.82, 2.24) is 34.8 Å². The number of piperazine rings is 1. The van der Waals surface area contributed by atoms with E-state index in [9.17, 15) is 19.1 Å². The molecule has 270 valence electrons. The minimum atomic E-state index is -0.533. The van der Waals surface area contributed by atoms with Crippen molar-refractivity contribution >= 4 is 44.9 Å². The highest BCUT2D eigenvalue weighted by atomic mass is 19.1. The summed E-state index contributed by atoms with van der Waals surface area (Å²) in [5.41, 5.74) is 2.64. The minimum Gasteiger partial charge on any atom is -0.508 e. The second kappa shape index (κ2) is 14.0. The molecule has 1 saturated heterocycles. The number of carbonyl (C=O) groups excluding carboxylic acids is 2. The van der Waals surface area contributed by atoms with E-state index in [1.165, 1.54) is 13.2 Å². The summed E-state index contributed by atoms with van der Waals surface area (Å²) in [6.07, 6.45) is 7.12. The molecule has 2 N–H and O–H groups in total. The van der Waals surface area contributed by atoms with Crippen molar-refractivity contribution in [1.29, 1.82) is 0 Å². The summed E-state index contributed by atoms with van der Waals surface area (Å²) in [4.78, 5) is 39.9. The normalized spacial score (nSPS) is 14.9. The molecule has 0 bridgehead atoms. The summed E-state index contributed by atoms with van der Waals surface area (Å²) >= 11 is 0. The van der Waals surface area contributed by atoms with Gasteiger partial charge >= 0.3 is 0 Å². The van der Waals surface area contributed by atoms with Crippen LogP contribution in [0.5, 0.6) is 11.5 Å². The number of nitrogens with zero attached hydrogens (tertiary/aromatic N) is 7. The Kier molecular flexibility index (Phi) is 8.94. The average molecular weight is 719 g/mol. The predicted octanol–water partition coefficient (Wildman–Crippen LogP) is 5.64. The summed E-state index contributed by atoms with van der Waals surface area (Å²) < 4.78 is 37.6. The molecule has 53 heavy (non-hydrogen) atoms. The lowest BCUT2D eigenvalue weighted by molar-refractivity contribution is -0.131. The van der Waals surface area contributed by atoms with E-state index in [0.29, 0.717) is 84.9 Å². The molecule has 0 aliphatic carbocycles. The number of aryl methyl sites for hydroxylation is 1. The number of amides is 2. The Hall–Kier alpha value is -6.31. The molecule has 0 saturated carbocycles. The Morgan fingerprint density at radius 2 is 1.75 bits per heavy atom. The first-order chi connectivity index (χ1) is 25.8. The number of aromatic nitrogens is 5. The van der Waals surface area contributed by atoms with Crippen LogP contribution in [-0.2, 0) is 11.3 Å². The molecule has 0 atom stereocenters. The standard InChI is InChI=1S/C39H36F2N8O4/c1-53-34-18-26(40)22-42-38(34)46-13-15-47(16-14-46)39(52)33-21-32-31(30-19-27(50)17-24-5-2-3-7-28(24)30)20-29(36(41)37(32)44-33)25-6-4-10-48(23-25)35(51)8-11-49-12-9-43-45-49/h2-3,5-7,9,12,17-22,44,50H,4,8,10-11,13-16,23H2,1H3. The molecule has 2 aliphatic rings. The summed E-state index contributed by atoms with van der Waals surface area (Å²) in [6.45, 7) is 2.67. The number of benzene rings is 3. The number of phenolic OH excluding ortho intramolecular Hbond substituents is 1. The van der Waals surface area contributed by atoms with Crippen LogP contribution in [0.25, 0.3) is 38.4 Å². The fraction of sp³-hybridized carbons (Fsp3) is 0.256. The molecular weight excluding hydrogens is 682 g/mol. The molecule has 12 nitrogen and oxygen atoms in total. The molecule has 2 amide bonds. The molecule has 1 fully saturated rings. The highest BCUT2D eigenvalue weighted by Gasteiger charge is 2.29. The topological polar surface area (TPSA) is 133 Å². The molecule has 0 radical (unpaired) electrons. The molecule has 8 rings (SSSR count). The molecule has 3 aromatic carbocycles. The van der Waals surface area contributed by atoms with E-state index in [0.717, 1.165) is 17.0 Å². The van der Waals surface area contributed by atoms with E-state index in [2.05, 4.69) is 20.3 Å². The average Bonchev–Trinajstić information content (AvgIpc) is 3.88. The number of methoxy groups -OCH3 is 1. The van der Waals surface area contributed by atoms with Crippen molar-refractivity contribution in [2.75, 3.05) is 51.3 Å². The molecule has 5 heterocycles. The SMILES string of the molecule is COc1cc(F)cnc1N1CCN(C(=O)c2cc3c(-c4cc(O)cc5ccccc45)cc(C4=CCCN(C(=O)CCn5ccnn5)C4)c(F)c3[nH]2)CC1. The third-order valence-electron chi connectivity index (χ3n) is 9.98. The van der Waals surface area contributed by atoms with Crippen LogP contribution in [0.4, 0.5) is 14.6 Å². The van der Waals surface area contributed by atoms with Gasteiger partial charge in [0, 0.05) is 68.9 Å². The molecule has 2 aliphatic heterocycles. The largest absolute Gasteiger partial charge is 0.508 e. The van der Waals surface area contributed by atoms with Gasteiger partial charge in [-0.2, -0.15) is 0 Å². The first-order valence-electron chi connectivity index (χ1n) is 17.4. The lowest BCUT2D eigenvalue weighted by atomic mass is 9.90. The fourth-order valence-corrected chi connectivity index (χ4v) is 7.31. The van der Waals surface area contributed by atoms with Gasteiger partial charge in [-0.1, -0.05) is 35.6 Å². The van der Waals surface area contributed by atoms with Crippen LogP contribution < -0.4 is 9.64 Å². The maximum Gasteiger partial charge on any atom is 0.270 e. The number of phenols is 1. The van der Waals surface area contributed by atoms with Crippen LogP contribution in [0.15, 0.2) is 79.3 Å². The quantitative estimate of drug-likeness (QED) is 0.207. The third kappa shape index (κ3) is 6.52. The van der Waals surface area contributed by atoms with Crippen molar-refractivity contribution < 1.29 is 28.2 Å². The maximum absolute atomic E-state index is 16.8. The van der Waals surface area contributed by atoms with Gasteiger partial charge in [-0.25, -0.2) is 13.8 Å². The van der Waals surface area contributed by atoms with Gasteiger partial charge in [-0.3, -0.25) is 14.3 Å². The van der Waals surface area contributed by atoms with Gasteiger partial charge in [0.15, 0.2) is 17.4 Å². The summed E-state index contributed by atoms with van der Waals surface area (Å²) in [7, 11) is 1.46. The van der Waals surface area contributed by atoms with E-state index in [4.69, 9.17) is 4.74 Å². The number of aromatic amines is 1. The maximum atomic E-state index is 16.8. The Balaban J connectivity index is 1.14. The fourth-order valence-electron chi connectivity index (χ4n) is 7.31. The van der Waals surface area contributed by atoms with E-state index in [1.54, 1.807) is 51.1 Å². The lowest BCUT2D eigenvalue weighted by Gasteiger charge is -2.35. The van der Waals surface area contributed by atoms with Crippen molar-refractivity contribution in [3.63, 3.8) is 0 Å². The van der Waals surface area contributed by atoms with Crippen molar-refractivity contribution in [3.05, 3.63) is 102 Å². The number of nitrogens with one attached hydrogen (secondary N) is 1. The van der Waals surface area contributed by atoms with Crippen LogP contribution in [0.1, 0.15) is 28.9 Å². The van der Waals surface area contributed by atoms with Crippen LogP contribution >= 0.6 is 0 Å². The zero-order valence-electron chi connectivity index (χ0n) is 28.9. The predicted molar refractivity (Wildman–Crippen MR) is 196 cm³/mol. The van der Waals surface area contributed by atoms with Gasteiger partial charge in [0.1, 0.15) is 17.3 Å². The van der Waals surface area contributed by atoms with Crippen molar-refractivity contribution in [2.24, 2.45) is 0 Å². The van der Waals surface area contributed by atoms with Crippen LogP contribution in [0.3, 0.4) is 0 Å². The molecule has 6 aromatic rings. The number of carbonyl (C=O) groups is 2. The lowest BCUT2D eigenvalue weighted by Crippen LogP contribution is -2.49. The molecular formula is C39H36F2N8O4. The van der Waals surface area contributed by atoms with Crippen LogP contribution in [0, 0.1) is 11.6 Å². The first-order valence-corrected chi connectivity index (χ1v) is 17.4. The number of aromatic hydroxyl groups is 1. The Bertz CT molecular complexity index is 2380. The van der Waals surface area contributed by atoms with Crippen LogP contribution in [-0.4, -0.2) is 98.1 Å². The highest BCUT2D eigenvalue weighted by Crippen LogP contribution is 2.41. The second-order valence-corrected chi connectivity index (χ2v) is 13.2. The zero-order chi connectivity index (χ0) is 36.6. The highest BCUT2D eigenvalue weighted by molar-refractivity contribution is 6.09. The number of fused-ring (bicyclic) bond motifs is 2. The number of halogens is 2. The summed E-state index contributed by atoms with van der Waals surface area (Å²) in [5.74, 6) is -0.549. The number of anilines is 1. The number of hydrogen-bond donors (Lipinski definition) is 2. The van der Waals surface area contributed by atoms with Gasteiger partial charge in [0.05, 0.1) is 31.6 Å². The molecule has 3 aromatic heterocycles. The first kappa shape index (κ1) is 33.8. The van der Waals surface area contributed by atoms with Gasteiger partial charge in [-0.05, 0) is 58.2 Å². The van der Waals surface area contributed by atoms with Gasteiger partial charge < -0.3 is 29.5 Å². The van der Waals surface area contributed by atoms with Crippen LogP contribution in [0.2, 0.25) is 0 Å². The van der Waals surface area contributed by atoms with E-state index in [1.807, 2.05) is 35.2 Å². The Morgan fingerprint density at radius 1 is 0.943 bits per heavy atom.